The summed E-state index contributed by atoms with van der Waals surface area (Å²) < 4.78 is 46.7. The lowest BCUT2D eigenvalue weighted by Gasteiger charge is -2.58. The molecule has 3 N–H and O–H groups in total. The Kier molecular flexibility index (Phi) is 10.7. The molecule has 64 heavy (non-hydrogen) atoms. The van der Waals surface area contributed by atoms with Crippen molar-refractivity contribution in [3.8, 4) is 11.8 Å². The zero-order valence-electron chi connectivity index (χ0n) is 35.2. The number of imidazole rings is 1. The standard InChI is InChI=1S/C45H47ClF3N11O4/c1-50-33-22-38(54-60-36(23-51-40(33)60)41(62)52-32-21-31(32)47)58-16-9-29-27(4-2-6-34(29)58)5-3-14-55-15-10-37(45(48,49)26-55)57-24-44(25-57)12-18-56(19-13-44)42(63)28-7-8-30(46)35(20-28)59-17-11-39(61)53-43(59)64/h2,4,6-8,20,22-23,31-32,37,50H,9-19,21,24-26H2,1H3,(H,52,62)(H,53,61,64)/t31-,32+,37?/m0/s1. The van der Waals surface area contributed by atoms with Crippen molar-refractivity contribution in [3.63, 3.8) is 0 Å². The number of carbonyl (C=O) groups excluding carboxylic acids is 4. The molecule has 0 bridgehead atoms. The van der Waals surface area contributed by atoms with Gasteiger partial charge in [0.15, 0.2) is 17.2 Å². The molecule has 3 atom stereocenters. The third kappa shape index (κ3) is 7.77. The maximum Gasteiger partial charge on any atom is 0.328 e. The number of carbonyl (C=O) groups is 4. The van der Waals surface area contributed by atoms with Crippen LogP contribution in [-0.4, -0.2) is 143 Å². The van der Waals surface area contributed by atoms with Gasteiger partial charge in [0.05, 0.1) is 47.8 Å². The van der Waals surface area contributed by atoms with Gasteiger partial charge in [0.2, 0.25) is 5.91 Å². The zero-order chi connectivity index (χ0) is 44.5. The number of urea groups is 1. The van der Waals surface area contributed by atoms with Crippen LogP contribution in [-0.2, 0) is 11.2 Å². The number of halogens is 4. The first kappa shape index (κ1) is 42.1. The molecule has 4 saturated heterocycles. The van der Waals surface area contributed by atoms with E-state index >= 15 is 8.78 Å². The number of amides is 5. The van der Waals surface area contributed by atoms with Gasteiger partial charge in [-0.2, -0.15) is 0 Å². The average molecular weight is 898 g/mol. The normalized spacial score (nSPS) is 23.9. The van der Waals surface area contributed by atoms with Gasteiger partial charge in [-0.1, -0.05) is 29.5 Å². The number of hydrogen-bond acceptors (Lipinski definition) is 10. The summed E-state index contributed by atoms with van der Waals surface area (Å²) in [6, 6.07) is 10.6. The summed E-state index contributed by atoms with van der Waals surface area (Å²) in [6.07, 6.45) is 3.27. The van der Waals surface area contributed by atoms with Crippen molar-refractivity contribution in [2.24, 2.45) is 5.41 Å². The smallest absolute Gasteiger partial charge is 0.328 e. The van der Waals surface area contributed by atoms with Crippen LogP contribution in [0.3, 0.4) is 0 Å². The molecule has 2 aromatic heterocycles. The van der Waals surface area contributed by atoms with Crippen LogP contribution in [0.4, 0.5) is 40.8 Å². The molecule has 334 valence electrons. The van der Waals surface area contributed by atoms with Crippen LogP contribution < -0.4 is 25.8 Å². The molecule has 15 nitrogen and oxygen atoms in total. The monoisotopic (exact) mass is 897 g/mol. The number of fused-ring (bicyclic) bond motifs is 2. The lowest BCUT2D eigenvalue weighted by Crippen LogP contribution is -2.69. The largest absolute Gasteiger partial charge is 0.385 e. The highest BCUT2D eigenvalue weighted by atomic mass is 35.5. The van der Waals surface area contributed by atoms with E-state index in [2.05, 4.69) is 37.7 Å². The number of nitrogens with one attached hydrogen (secondary N) is 3. The minimum atomic E-state index is -2.92. The third-order valence-corrected chi connectivity index (χ3v) is 13.9. The predicted molar refractivity (Wildman–Crippen MR) is 233 cm³/mol. The van der Waals surface area contributed by atoms with Crippen molar-refractivity contribution in [1.82, 2.24) is 39.9 Å². The quantitative estimate of drug-likeness (QED) is 0.213. The van der Waals surface area contributed by atoms with E-state index in [1.165, 1.54) is 15.6 Å². The van der Waals surface area contributed by atoms with Crippen LogP contribution in [0.5, 0.6) is 0 Å². The van der Waals surface area contributed by atoms with Crippen LogP contribution in [0.2, 0.25) is 5.02 Å². The molecule has 10 rings (SSSR count). The molecule has 5 amide bonds. The molecular weight excluding hydrogens is 851 g/mol. The molecule has 2 aromatic carbocycles. The molecule has 5 fully saturated rings. The molecule has 5 aliphatic heterocycles. The summed E-state index contributed by atoms with van der Waals surface area (Å²) in [5.74, 6) is 3.13. The Morgan fingerprint density at radius 1 is 0.984 bits per heavy atom. The van der Waals surface area contributed by atoms with E-state index in [-0.39, 0.29) is 49.0 Å². The summed E-state index contributed by atoms with van der Waals surface area (Å²) in [7, 11) is 1.76. The van der Waals surface area contributed by atoms with E-state index in [4.69, 9.17) is 16.7 Å². The molecule has 1 aliphatic carbocycles. The molecule has 0 radical (unpaired) electrons. The van der Waals surface area contributed by atoms with Gasteiger partial charge in [-0.05, 0) is 67.0 Å². The summed E-state index contributed by atoms with van der Waals surface area (Å²) in [4.78, 5) is 63.9. The van der Waals surface area contributed by atoms with Gasteiger partial charge in [0.25, 0.3) is 17.7 Å². The Balaban J connectivity index is 0.735. The van der Waals surface area contributed by atoms with E-state index in [0.29, 0.717) is 105 Å². The first-order valence-electron chi connectivity index (χ1n) is 21.7. The SMILES string of the molecule is CNc1cc(N2CCc3c(C#CCN4CCC(N5CC6(CCN(C(=O)c7ccc(Cl)c(N8CCC(=O)NC8=O)c7)CC6)C5)C(F)(F)C4)cccc32)nn2c(C(=O)N[C@@H]3C[C@@H]3F)cnc12. The fraction of sp³-hybridized carbons (Fsp3) is 0.467. The number of aromatic nitrogens is 3. The number of hydrogen-bond donors (Lipinski definition) is 3. The second kappa shape index (κ2) is 16.3. The first-order chi connectivity index (χ1) is 30.8. The molecule has 7 heterocycles. The number of benzene rings is 2. The van der Waals surface area contributed by atoms with Crippen LogP contribution in [0, 0.1) is 17.3 Å². The second-order valence-electron chi connectivity index (χ2n) is 17.8. The van der Waals surface area contributed by atoms with Crippen LogP contribution in [0.25, 0.3) is 5.65 Å². The highest BCUT2D eigenvalue weighted by molar-refractivity contribution is 6.34. The van der Waals surface area contributed by atoms with Crippen LogP contribution in [0.1, 0.15) is 64.1 Å². The Bertz CT molecular complexity index is 2630. The third-order valence-electron chi connectivity index (χ3n) is 13.6. The van der Waals surface area contributed by atoms with E-state index in [1.807, 2.05) is 29.2 Å². The Labute approximate surface area is 372 Å². The summed E-state index contributed by atoms with van der Waals surface area (Å²) in [6.45, 7) is 3.26. The lowest BCUT2D eigenvalue weighted by atomic mass is 9.70. The van der Waals surface area contributed by atoms with Gasteiger partial charge in [0.1, 0.15) is 6.17 Å². The maximum absolute atomic E-state index is 15.9. The topological polar surface area (TPSA) is 151 Å². The molecule has 1 unspecified atom stereocenters. The molecule has 6 aliphatic rings. The Morgan fingerprint density at radius 3 is 2.50 bits per heavy atom. The Hall–Kier alpha value is -5.90. The molecule has 1 spiro atoms. The fourth-order valence-electron chi connectivity index (χ4n) is 9.97. The van der Waals surface area contributed by atoms with Crippen LogP contribution >= 0.6 is 11.6 Å². The first-order valence-corrected chi connectivity index (χ1v) is 22.1. The van der Waals surface area contributed by atoms with E-state index in [0.717, 1.165) is 16.8 Å². The number of anilines is 4. The van der Waals surface area contributed by atoms with Crippen molar-refractivity contribution >= 4 is 63.9 Å². The van der Waals surface area contributed by atoms with Crippen molar-refractivity contribution < 1.29 is 32.3 Å². The number of rotatable bonds is 8. The number of imide groups is 1. The fourth-order valence-corrected chi connectivity index (χ4v) is 10.2. The number of alkyl halides is 3. The van der Waals surface area contributed by atoms with Gasteiger partial charge in [-0.25, -0.2) is 27.5 Å². The van der Waals surface area contributed by atoms with Gasteiger partial charge < -0.3 is 20.4 Å². The maximum atomic E-state index is 15.9. The highest BCUT2D eigenvalue weighted by Gasteiger charge is 2.55. The zero-order valence-corrected chi connectivity index (χ0v) is 35.9. The molecule has 19 heteroatoms. The highest BCUT2D eigenvalue weighted by Crippen LogP contribution is 2.46. The molecular formula is C45H47ClF3N11O4. The van der Waals surface area contributed by atoms with Gasteiger partial charge in [-0.3, -0.25) is 34.4 Å². The number of nitrogens with zero attached hydrogens (tertiary/aromatic N) is 8. The molecule has 4 aromatic rings. The van der Waals surface area contributed by atoms with Crippen LogP contribution in [0.15, 0.2) is 48.7 Å². The summed E-state index contributed by atoms with van der Waals surface area (Å²) in [5, 5.41) is 13.2. The van der Waals surface area contributed by atoms with E-state index in [1.54, 1.807) is 35.0 Å². The second-order valence-corrected chi connectivity index (χ2v) is 18.2. The van der Waals surface area contributed by atoms with Crippen molar-refractivity contribution in [1.29, 1.82) is 0 Å². The van der Waals surface area contributed by atoms with Crippen molar-refractivity contribution in [3.05, 3.63) is 76.1 Å². The van der Waals surface area contributed by atoms with E-state index in [9.17, 15) is 23.6 Å². The van der Waals surface area contributed by atoms with Gasteiger partial charge >= 0.3 is 6.03 Å². The average Bonchev–Trinajstić information content (AvgIpc) is 3.58. The van der Waals surface area contributed by atoms with Crippen molar-refractivity contribution in [2.75, 3.05) is 81.1 Å². The number of piperidine rings is 2. The number of likely N-dealkylation sites (tertiary alicyclic amines) is 3. The minimum absolute atomic E-state index is 0.113. The van der Waals surface area contributed by atoms with Gasteiger partial charge in [-0.15, -0.1) is 5.10 Å². The predicted octanol–water partition coefficient (Wildman–Crippen LogP) is 4.70. The van der Waals surface area contributed by atoms with Gasteiger partial charge in [0, 0.05) is 88.6 Å². The Morgan fingerprint density at radius 2 is 1.77 bits per heavy atom. The van der Waals surface area contributed by atoms with E-state index < -0.39 is 36.1 Å². The van der Waals surface area contributed by atoms with Crippen molar-refractivity contribution in [2.45, 2.75) is 62.7 Å². The summed E-state index contributed by atoms with van der Waals surface area (Å²) in [5.41, 5.74) is 4.77. The lowest BCUT2D eigenvalue weighted by molar-refractivity contribution is -0.172. The summed E-state index contributed by atoms with van der Waals surface area (Å²) >= 11 is 6.39. The molecule has 1 saturated carbocycles. The minimum Gasteiger partial charge on any atom is -0.385 e.